The smallest absolute Gasteiger partial charge is 0.0135 e. The van der Waals surface area contributed by atoms with Crippen molar-refractivity contribution in [2.24, 2.45) is 0 Å². The molecule has 0 fully saturated rings. The zero-order chi connectivity index (χ0) is 11.5. The van der Waals surface area contributed by atoms with E-state index in [2.05, 4.69) is 73.8 Å². The second-order valence-corrected chi connectivity index (χ2v) is 3.83. The molecule has 16 heavy (non-hydrogen) atoms. The predicted molar refractivity (Wildman–Crippen MR) is 73.3 cm³/mol. The van der Waals surface area contributed by atoms with Gasteiger partial charge in [-0.2, -0.15) is 0 Å². The molecule has 0 unspecified atom stereocenters. The summed E-state index contributed by atoms with van der Waals surface area (Å²) in [7, 11) is 0. The Morgan fingerprint density at radius 1 is 0.688 bits per heavy atom. The van der Waals surface area contributed by atoms with E-state index < -0.39 is 0 Å². The van der Waals surface area contributed by atoms with E-state index in [-0.39, 0.29) is 0 Å². The molecule has 0 amide bonds. The quantitative estimate of drug-likeness (QED) is 0.536. The fraction of sp³-hybridized carbons (Fsp3) is 0.250. The second kappa shape index (κ2) is 8.72. The van der Waals surface area contributed by atoms with Crippen molar-refractivity contribution in [3.05, 3.63) is 72.4 Å². The molecule has 3 aliphatic carbocycles. The molecular formula is C16H20. The van der Waals surface area contributed by atoms with Crippen molar-refractivity contribution in [3.8, 4) is 0 Å². The molecule has 0 saturated carbocycles. The zero-order valence-corrected chi connectivity index (χ0v) is 9.97. The van der Waals surface area contributed by atoms with Gasteiger partial charge in [0.25, 0.3) is 0 Å². The maximum absolute atomic E-state index is 2.16. The Balaban J connectivity index is 0.000000121. The van der Waals surface area contributed by atoms with Gasteiger partial charge in [0, 0.05) is 0 Å². The van der Waals surface area contributed by atoms with Crippen LogP contribution in [-0.2, 0) is 0 Å². The molecule has 0 aromatic carbocycles. The Labute approximate surface area is 99.1 Å². The van der Waals surface area contributed by atoms with Gasteiger partial charge in [-0.15, -0.1) is 0 Å². The lowest BCUT2D eigenvalue weighted by molar-refractivity contribution is 1.25. The molecule has 0 N–H and O–H groups in total. The first-order valence-corrected chi connectivity index (χ1v) is 5.85. The summed E-state index contributed by atoms with van der Waals surface area (Å²) >= 11 is 0. The SMILES string of the molecule is C1=CCC=C1.C1=CCC=C1.CC1=CC=CC1. The molecule has 0 radical (unpaired) electrons. The van der Waals surface area contributed by atoms with Gasteiger partial charge >= 0.3 is 0 Å². The Bertz CT molecular complexity index is 304. The highest BCUT2D eigenvalue weighted by Crippen LogP contribution is 2.06. The van der Waals surface area contributed by atoms with E-state index in [4.69, 9.17) is 0 Å². The van der Waals surface area contributed by atoms with Crippen LogP contribution in [0, 0.1) is 0 Å². The van der Waals surface area contributed by atoms with Crippen LogP contribution in [0.15, 0.2) is 72.4 Å². The summed E-state index contributed by atoms with van der Waals surface area (Å²) in [6.07, 6.45) is 26.6. The van der Waals surface area contributed by atoms with Gasteiger partial charge in [0.1, 0.15) is 0 Å². The van der Waals surface area contributed by atoms with Crippen molar-refractivity contribution in [2.45, 2.75) is 26.2 Å². The molecule has 0 heteroatoms. The first kappa shape index (κ1) is 12.5. The number of rotatable bonds is 0. The zero-order valence-electron chi connectivity index (χ0n) is 9.97. The summed E-state index contributed by atoms with van der Waals surface area (Å²) in [6, 6.07) is 0. The van der Waals surface area contributed by atoms with Gasteiger partial charge in [-0.1, -0.05) is 72.4 Å². The molecule has 0 aromatic rings. The van der Waals surface area contributed by atoms with Crippen LogP contribution in [0.25, 0.3) is 0 Å². The first-order chi connectivity index (χ1) is 7.89. The van der Waals surface area contributed by atoms with Crippen LogP contribution < -0.4 is 0 Å². The fourth-order valence-corrected chi connectivity index (χ4v) is 1.34. The van der Waals surface area contributed by atoms with Crippen molar-refractivity contribution < 1.29 is 0 Å². The van der Waals surface area contributed by atoms with Gasteiger partial charge in [-0.25, -0.2) is 0 Å². The lowest BCUT2D eigenvalue weighted by Crippen LogP contribution is -1.58. The van der Waals surface area contributed by atoms with Crippen molar-refractivity contribution in [3.63, 3.8) is 0 Å². The highest BCUT2D eigenvalue weighted by Gasteiger charge is 1.86. The van der Waals surface area contributed by atoms with E-state index >= 15 is 0 Å². The molecule has 3 aliphatic rings. The molecule has 0 aromatic heterocycles. The number of allylic oxidation sites excluding steroid dienone is 12. The monoisotopic (exact) mass is 212 g/mol. The molecular weight excluding hydrogens is 192 g/mol. The highest BCUT2D eigenvalue weighted by molar-refractivity contribution is 5.20. The van der Waals surface area contributed by atoms with Crippen molar-refractivity contribution in [1.82, 2.24) is 0 Å². The third-order valence-electron chi connectivity index (χ3n) is 2.27. The van der Waals surface area contributed by atoms with Crippen LogP contribution >= 0.6 is 0 Å². The van der Waals surface area contributed by atoms with Gasteiger partial charge in [0.2, 0.25) is 0 Å². The first-order valence-electron chi connectivity index (χ1n) is 5.85. The van der Waals surface area contributed by atoms with Crippen LogP contribution in [0.2, 0.25) is 0 Å². The van der Waals surface area contributed by atoms with Gasteiger partial charge < -0.3 is 0 Å². The van der Waals surface area contributed by atoms with Gasteiger partial charge in [-0.05, 0) is 26.2 Å². The molecule has 0 nitrogen and oxygen atoms in total. The van der Waals surface area contributed by atoms with Crippen molar-refractivity contribution >= 4 is 0 Å². The van der Waals surface area contributed by atoms with E-state index in [0.717, 1.165) is 12.8 Å². The Morgan fingerprint density at radius 3 is 1.31 bits per heavy atom. The average molecular weight is 212 g/mol. The molecule has 0 saturated heterocycles. The van der Waals surface area contributed by atoms with Crippen LogP contribution in [0.4, 0.5) is 0 Å². The predicted octanol–water partition coefficient (Wildman–Crippen LogP) is 4.90. The minimum absolute atomic E-state index is 1.14. The minimum atomic E-state index is 1.14. The second-order valence-electron chi connectivity index (χ2n) is 3.83. The topological polar surface area (TPSA) is 0 Å². The summed E-state index contributed by atoms with van der Waals surface area (Å²) < 4.78 is 0. The van der Waals surface area contributed by atoms with Gasteiger partial charge in [0.05, 0.1) is 0 Å². The van der Waals surface area contributed by atoms with Crippen molar-refractivity contribution in [2.75, 3.05) is 0 Å². The van der Waals surface area contributed by atoms with Crippen LogP contribution in [0.5, 0.6) is 0 Å². The number of hydrogen-bond acceptors (Lipinski definition) is 0. The summed E-state index contributed by atoms with van der Waals surface area (Å²) in [5.74, 6) is 0. The summed E-state index contributed by atoms with van der Waals surface area (Å²) in [5, 5.41) is 0. The molecule has 0 bridgehead atoms. The van der Waals surface area contributed by atoms with E-state index in [0.29, 0.717) is 0 Å². The van der Waals surface area contributed by atoms with Crippen LogP contribution in [0.3, 0.4) is 0 Å². The standard InChI is InChI=1S/C6H8.2C5H6/c1-6-4-2-3-5-6;2*1-2-4-5-3-1/h2-4H,5H2,1H3;2*1-4H,5H2. The molecule has 84 valence electrons. The van der Waals surface area contributed by atoms with Crippen molar-refractivity contribution in [1.29, 1.82) is 0 Å². The number of hydrogen-bond donors (Lipinski definition) is 0. The third kappa shape index (κ3) is 6.83. The largest absolute Gasteiger partial charge is 0.0808 e. The summed E-state index contributed by atoms with van der Waals surface area (Å²) in [6.45, 7) is 2.14. The van der Waals surface area contributed by atoms with E-state index in [1.165, 1.54) is 12.0 Å². The normalized spacial score (nSPS) is 17.9. The Kier molecular flexibility index (Phi) is 6.82. The lowest BCUT2D eigenvalue weighted by atomic mass is 10.3. The third-order valence-corrected chi connectivity index (χ3v) is 2.27. The molecule has 0 atom stereocenters. The van der Waals surface area contributed by atoms with Crippen LogP contribution in [-0.4, -0.2) is 0 Å². The van der Waals surface area contributed by atoms with E-state index in [1.54, 1.807) is 0 Å². The summed E-state index contributed by atoms with van der Waals surface area (Å²) in [4.78, 5) is 0. The van der Waals surface area contributed by atoms with Gasteiger partial charge in [0.15, 0.2) is 0 Å². The fourth-order valence-electron chi connectivity index (χ4n) is 1.34. The Morgan fingerprint density at radius 2 is 1.19 bits per heavy atom. The molecule has 0 heterocycles. The van der Waals surface area contributed by atoms with Gasteiger partial charge in [-0.3, -0.25) is 0 Å². The lowest BCUT2D eigenvalue weighted by Gasteiger charge is -1.78. The average Bonchev–Trinajstić information content (AvgIpc) is 3.07. The Hall–Kier alpha value is -1.56. The van der Waals surface area contributed by atoms with E-state index in [1.807, 2.05) is 0 Å². The molecule has 0 aliphatic heterocycles. The maximum atomic E-state index is 2.16. The molecule has 0 spiro atoms. The molecule has 3 rings (SSSR count). The van der Waals surface area contributed by atoms with Crippen LogP contribution in [0.1, 0.15) is 26.2 Å². The highest BCUT2D eigenvalue weighted by atomic mass is 13.9. The summed E-state index contributed by atoms with van der Waals surface area (Å²) in [5.41, 5.74) is 1.47. The minimum Gasteiger partial charge on any atom is -0.0808 e. The maximum Gasteiger partial charge on any atom is -0.0135 e. The van der Waals surface area contributed by atoms with E-state index in [9.17, 15) is 0 Å².